The fourth-order valence-electron chi connectivity index (χ4n) is 2.50. The molecule has 2 N–H and O–H groups in total. The summed E-state index contributed by atoms with van der Waals surface area (Å²) in [6.45, 7) is 6.01. The first-order valence-electron chi connectivity index (χ1n) is 7.00. The molecule has 1 aromatic carbocycles. The maximum Gasteiger partial charge on any atom is 0.175 e. The lowest BCUT2D eigenvalue weighted by Gasteiger charge is -2.23. The highest BCUT2D eigenvalue weighted by Gasteiger charge is 2.26. The molecule has 20 heavy (non-hydrogen) atoms. The molecule has 0 amide bonds. The Bertz CT molecular complexity index is 477. The number of ether oxygens (including phenoxy) is 2. The van der Waals surface area contributed by atoms with Gasteiger partial charge >= 0.3 is 0 Å². The predicted octanol–water partition coefficient (Wildman–Crippen LogP) is 2.99. The van der Waals surface area contributed by atoms with Crippen molar-refractivity contribution in [3.8, 4) is 11.5 Å². The van der Waals surface area contributed by atoms with Crippen LogP contribution in [0.3, 0.4) is 0 Å². The summed E-state index contributed by atoms with van der Waals surface area (Å²) < 4.78 is 12.5. The van der Waals surface area contributed by atoms with Crippen LogP contribution in [0.5, 0.6) is 11.5 Å². The minimum atomic E-state index is -0.564. The van der Waals surface area contributed by atoms with E-state index in [-0.39, 0.29) is 5.92 Å². The summed E-state index contributed by atoms with van der Waals surface area (Å²) in [6, 6.07) is 1.95. The number of hydrogen-bond acceptors (Lipinski definition) is 4. The van der Waals surface area contributed by atoms with Gasteiger partial charge in [0.05, 0.1) is 23.8 Å². The van der Waals surface area contributed by atoms with Crippen molar-refractivity contribution in [1.82, 2.24) is 5.32 Å². The van der Waals surface area contributed by atoms with Crippen LogP contribution < -0.4 is 14.8 Å². The van der Waals surface area contributed by atoms with Gasteiger partial charge < -0.3 is 19.9 Å². The molecule has 0 aromatic heterocycles. The first-order chi connectivity index (χ1) is 9.56. The van der Waals surface area contributed by atoms with Crippen molar-refractivity contribution in [2.45, 2.75) is 32.3 Å². The normalized spacial score (nSPS) is 16.1. The van der Waals surface area contributed by atoms with E-state index in [4.69, 9.17) is 9.47 Å². The first-order valence-corrected chi connectivity index (χ1v) is 7.80. The molecule has 1 unspecified atom stereocenters. The Hall–Kier alpha value is -0.780. The molecular weight excluding hydrogens is 322 g/mol. The molecule has 1 aliphatic rings. The summed E-state index contributed by atoms with van der Waals surface area (Å²) in [6.07, 6.45) is 0.304. The molecule has 1 aromatic rings. The minimum absolute atomic E-state index is 0.250. The number of aliphatic hydroxyl groups is 1. The standard InChI is InChI=1S/C15H22BrNO3/c1-9(2)13-10(12(18)8-17-3)7-11(16)14-15(13)20-6-4-5-19-14/h7,9,12,17-18H,4-6,8H2,1-3H3. The maximum atomic E-state index is 10.4. The Morgan fingerprint density at radius 3 is 2.55 bits per heavy atom. The zero-order valence-corrected chi connectivity index (χ0v) is 13.8. The average Bonchev–Trinajstić information content (AvgIpc) is 2.64. The topological polar surface area (TPSA) is 50.7 Å². The number of halogens is 1. The van der Waals surface area contributed by atoms with Gasteiger partial charge in [0.15, 0.2) is 11.5 Å². The minimum Gasteiger partial charge on any atom is -0.489 e. The van der Waals surface area contributed by atoms with Gasteiger partial charge in [-0.3, -0.25) is 0 Å². The van der Waals surface area contributed by atoms with Crippen molar-refractivity contribution in [1.29, 1.82) is 0 Å². The van der Waals surface area contributed by atoms with E-state index in [2.05, 4.69) is 35.1 Å². The maximum absolute atomic E-state index is 10.4. The van der Waals surface area contributed by atoms with E-state index in [1.165, 1.54) is 0 Å². The monoisotopic (exact) mass is 343 g/mol. The highest BCUT2D eigenvalue weighted by atomic mass is 79.9. The summed E-state index contributed by atoms with van der Waals surface area (Å²) in [7, 11) is 1.83. The number of likely N-dealkylation sites (N-methyl/N-ethyl adjacent to an activating group) is 1. The van der Waals surface area contributed by atoms with Gasteiger partial charge in [-0.05, 0) is 40.5 Å². The van der Waals surface area contributed by atoms with E-state index in [0.717, 1.165) is 33.5 Å². The molecule has 112 valence electrons. The van der Waals surface area contributed by atoms with Gasteiger partial charge in [-0.15, -0.1) is 0 Å². The lowest BCUT2D eigenvalue weighted by molar-refractivity contribution is 0.175. The Balaban J connectivity index is 2.57. The van der Waals surface area contributed by atoms with Gasteiger partial charge in [0.1, 0.15) is 0 Å². The van der Waals surface area contributed by atoms with Crippen molar-refractivity contribution >= 4 is 15.9 Å². The van der Waals surface area contributed by atoms with Crippen molar-refractivity contribution in [2.75, 3.05) is 26.8 Å². The summed E-state index contributed by atoms with van der Waals surface area (Å²) in [5.41, 5.74) is 1.93. The Morgan fingerprint density at radius 2 is 1.95 bits per heavy atom. The fraction of sp³-hybridized carbons (Fsp3) is 0.600. The fourth-order valence-corrected chi connectivity index (χ4v) is 3.04. The largest absolute Gasteiger partial charge is 0.489 e. The van der Waals surface area contributed by atoms with E-state index >= 15 is 0 Å². The van der Waals surface area contributed by atoms with Crippen LogP contribution in [-0.4, -0.2) is 31.9 Å². The molecule has 5 heteroatoms. The highest BCUT2D eigenvalue weighted by Crippen LogP contribution is 2.46. The van der Waals surface area contributed by atoms with Gasteiger partial charge in [0.2, 0.25) is 0 Å². The number of nitrogens with one attached hydrogen (secondary N) is 1. The highest BCUT2D eigenvalue weighted by molar-refractivity contribution is 9.10. The number of fused-ring (bicyclic) bond motifs is 1. The molecule has 0 bridgehead atoms. The number of rotatable bonds is 4. The summed E-state index contributed by atoms with van der Waals surface area (Å²) >= 11 is 3.53. The SMILES string of the molecule is CNCC(O)c1cc(Br)c2c(c1C(C)C)OCCCO2. The molecule has 1 aliphatic heterocycles. The van der Waals surface area contributed by atoms with Gasteiger partial charge in [0.25, 0.3) is 0 Å². The number of benzene rings is 1. The predicted molar refractivity (Wildman–Crippen MR) is 82.7 cm³/mol. The van der Waals surface area contributed by atoms with Crippen molar-refractivity contribution in [3.05, 3.63) is 21.7 Å². The smallest absolute Gasteiger partial charge is 0.175 e. The Labute approximate surface area is 128 Å². The van der Waals surface area contributed by atoms with E-state index < -0.39 is 6.10 Å². The van der Waals surface area contributed by atoms with Crippen LogP contribution in [-0.2, 0) is 0 Å². The van der Waals surface area contributed by atoms with E-state index in [1.54, 1.807) is 0 Å². The van der Waals surface area contributed by atoms with Crippen molar-refractivity contribution in [2.24, 2.45) is 0 Å². The quantitative estimate of drug-likeness (QED) is 0.882. The third-order valence-corrected chi connectivity index (χ3v) is 3.97. The second kappa shape index (κ2) is 6.78. The molecule has 0 saturated heterocycles. The first kappa shape index (κ1) is 15.6. The molecule has 4 nitrogen and oxygen atoms in total. The van der Waals surface area contributed by atoms with Gasteiger partial charge in [0, 0.05) is 18.5 Å². The van der Waals surface area contributed by atoms with Crippen molar-refractivity contribution < 1.29 is 14.6 Å². The Morgan fingerprint density at radius 1 is 1.30 bits per heavy atom. The second-order valence-corrected chi connectivity index (χ2v) is 6.15. The van der Waals surface area contributed by atoms with Crippen molar-refractivity contribution in [3.63, 3.8) is 0 Å². The third kappa shape index (κ3) is 3.10. The molecular formula is C15H22BrNO3. The van der Waals surface area contributed by atoms with E-state index in [0.29, 0.717) is 19.8 Å². The van der Waals surface area contributed by atoms with Crippen LogP contribution in [0.1, 0.15) is 43.4 Å². The van der Waals surface area contributed by atoms with Gasteiger partial charge in [-0.2, -0.15) is 0 Å². The molecule has 0 saturated carbocycles. The molecule has 0 radical (unpaired) electrons. The van der Waals surface area contributed by atoms with E-state index in [1.807, 2.05) is 13.1 Å². The van der Waals surface area contributed by atoms with Crippen LogP contribution >= 0.6 is 15.9 Å². The number of aliphatic hydroxyl groups excluding tert-OH is 1. The zero-order valence-electron chi connectivity index (χ0n) is 12.2. The van der Waals surface area contributed by atoms with Crippen LogP contribution in [0.15, 0.2) is 10.5 Å². The second-order valence-electron chi connectivity index (χ2n) is 5.30. The summed E-state index contributed by atoms with van der Waals surface area (Å²) in [5, 5.41) is 13.4. The molecule has 2 rings (SSSR count). The van der Waals surface area contributed by atoms with Crippen LogP contribution in [0.2, 0.25) is 0 Å². The summed E-state index contributed by atoms with van der Waals surface area (Å²) in [5.74, 6) is 1.78. The van der Waals surface area contributed by atoms with Gasteiger partial charge in [-0.1, -0.05) is 13.8 Å². The molecule has 0 spiro atoms. The van der Waals surface area contributed by atoms with Crippen LogP contribution in [0.25, 0.3) is 0 Å². The lowest BCUT2D eigenvalue weighted by atomic mass is 9.92. The molecule has 1 heterocycles. The third-order valence-electron chi connectivity index (χ3n) is 3.38. The zero-order chi connectivity index (χ0) is 14.7. The van der Waals surface area contributed by atoms with Crippen LogP contribution in [0, 0.1) is 0 Å². The lowest BCUT2D eigenvalue weighted by Crippen LogP contribution is -2.19. The number of hydrogen-bond donors (Lipinski definition) is 2. The Kier molecular flexibility index (Phi) is 5.29. The molecule has 0 aliphatic carbocycles. The summed E-state index contributed by atoms with van der Waals surface area (Å²) in [4.78, 5) is 0. The average molecular weight is 344 g/mol. The molecule has 0 fully saturated rings. The molecule has 1 atom stereocenters. The van der Waals surface area contributed by atoms with Crippen LogP contribution in [0.4, 0.5) is 0 Å². The van der Waals surface area contributed by atoms with Gasteiger partial charge in [-0.25, -0.2) is 0 Å². The van der Waals surface area contributed by atoms with E-state index in [9.17, 15) is 5.11 Å².